The summed E-state index contributed by atoms with van der Waals surface area (Å²) in [7, 11) is 0. The van der Waals surface area contributed by atoms with Crippen molar-refractivity contribution in [1.82, 2.24) is 15.6 Å². The first-order chi connectivity index (χ1) is 11.0. The number of hydrogen-bond donors (Lipinski definition) is 4. The summed E-state index contributed by atoms with van der Waals surface area (Å²) in [6.45, 7) is 4.51. The van der Waals surface area contributed by atoms with Gasteiger partial charge in [0, 0.05) is 40.8 Å². The largest absolute Gasteiger partial charge is 0.396 e. The molecule has 23 heavy (non-hydrogen) atoms. The molecule has 2 amide bonds. The molecule has 126 valence electrons. The second kappa shape index (κ2) is 7.70. The molecule has 1 aromatic heterocycles. The lowest BCUT2D eigenvalue weighted by Gasteiger charge is -2.29. The Morgan fingerprint density at radius 2 is 2.22 bits per heavy atom. The van der Waals surface area contributed by atoms with E-state index in [9.17, 15) is 4.79 Å². The van der Waals surface area contributed by atoms with Crippen LogP contribution in [0.4, 0.5) is 4.79 Å². The van der Waals surface area contributed by atoms with Gasteiger partial charge in [0.2, 0.25) is 0 Å². The first kappa shape index (κ1) is 17.6. The molecule has 0 radical (unpaired) electrons. The van der Waals surface area contributed by atoms with Crippen molar-refractivity contribution >= 4 is 28.5 Å². The number of aromatic nitrogens is 1. The molecular weight excluding hydrogens is 314 g/mol. The van der Waals surface area contributed by atoms with Crippen molar-refractivity contribution in [3.63, 3.8) is 0 Å². The molecule has 1 unspecified atom stereocenters. The van der Waals surface area contributed by atoms with E-state index in [2.05, 4.69) is 15.6 Å². The van der Waals surface area contributed by atoms with Crippen molar-refractivity contribution < 1.29 is 9.90 Å². The molecule has 2 aromatic rings. The number of carbonyl (C=O) groups is 1. The molecule has 0 aliphatic carbocycles. The van der Waals surface area contributed by atoms with E-state index in [1.54, 1.807) is 0 Å². The smallest absolute Gasteiger partial charge is 0.315 e. The molecule has 1 atom stereocenters. The number of aliphatic hydroxyl groups excluding tert-OH is 1. The summed E-state index contributed by atoms with van der Waals surface area (Å²) in [6, 6.07) is 5.52. The van der Waals surface area contributed by atoms with E-state index in [1.807, 2.05) is 38.2 Å². The number of amides is 2. The number of H-pyrrole nitrogens is 1. The number of urea groups is 1. The Balaban J connectivity index is 1.88. The number of halogens is 1. The zero-order valence-electron chi connectivity index (χ0n) is 13.6. The highest BCUT2D eigenvalue weighted by Gasteiger charge is 2.23. The molecule has 2 rings (SSSR count). The first-order valence-corrected chi connectivity index (χ1v) is 8.27. The van der Waals surface area contributed by atoms with Crippen molar-refractivity contribution in [2.75, 3.05) is 13.2 Å². The maximum absolute atomic E-state index is 12.0. The summed E-state index contributed by atoms with van der Waals surface area (Å²) in [6.07, 6.45) is 3.97. The SMILES string of the molecule is CCC(C)(CCO)NC(=O)NCCc1c[nH]c2ccc(Cl)cc12. The standard InChI is InChI=1S/C17H24ClN3O2/c1-3-17(2,7-9-22)21-16(23)19-8-6-12-11-20-15-5-4-13(18)10-14(12)15/h4-5,10-11,20,22H,3,6-9H2,1-2H3,(H2,19,21,23). The van der Waals surface area contributed by atoms with Gasteiger partial charge in [0.25, 0.3) is 0 Å². The Labute approximate surface area is 141 Å². The van der Waals surface area contributed by atoms with Gasteiger partial charge in [-0.1, -0.05) is 18.5 Å². The molecule has 1 aromatic carbocycles. The van der Waals surface area contributed by atoms with E-state index >= 15 is 0 Å². The maximum Gasteiger partial charge on any atom is 0.315 e. The third-order valence-electron chi connectivity index (χ3n) is 4.27. The second-order valence-electron chi connectivity index (χ2n) is 6.02. The molecule has 0 bridgehead atoms. The van der Waals surface area contributed by atoms with Crippen LogP contribution in [0, 0.1) is 0 Å². The number of fused-ring (bicyclic) bond motifs is 1. The molecule has 0 saturated carbocycles. The lowest BCUT2D eigenvalue weighted by atomic mass is 9.95. The molecule has 6 heteroatoms. The number of aliphatic hydroxyl groups is 1. The summed E-state index contributed by atoms with van der Waals surface area (Å²) >= 11 is 6.04. The topological polar surface area (TPSA) is 77.2 Å². The maximum atomic E-state index is 12.0. The van der Waals surface area contributed by atoms with Crippen LogP contribution in [0.2, 0.25) is 5.02 Å². The van der Waals surface area contributed by atoms with E-state index in [0.717, 1.165) is 29.3 Å². The fourth-order valence-corrected chi connectivity index (χ4v) is 2.73. The van der Waals surface area contributed by atoms with Gasteiger partial charge >= 0.3 is 6.03 Å². The van der Waals surface area contributed by atoms with E-state index < -0.39 is 0 Å². The number of carbonyl (C=O) groups excluding carboxylic acids is 1. The average Bonchev–Trinajstić information content (AvgIpc) is 2.90. The minimum Gasteiger partial charge on any atom is -0.396 e. The van der Waals surface area contributed by atoms with Crippen LogP contribution in [0.3, 0.4) is 0 Å². The highest BCUT2D eigenvalue weighted by molar-refractivity contribution is 6.31. The summed E-state index contributed by atoms with van der Waals surface area (Å²) in [5.41, 5.74) is 1.78. The van der Waals surface area contributed by atoms with E-state index in [1.165, 1.54) is 0 Å². The third-order valence-corrected chi connectivity index (χ3v) is 4.50. The monoisotopic (exact) mass is 337 g/mol. The normalized spacial score (nSPS) is 13.7. The van der Waals surface area contributed by atoms with Crippen LogP contribution in [0.25, 0.3) is 10.9 Å². The van der Waals surface area contributed by atoms with Crippen molar-refractivity contribution in [3.05, 3.63) is 35.0 Å². The molecule has 4 N–H and O–H groups in total. The van der Waals surface area contributed by atoms with Gasteiger partial charge < -0.3 is 20.7 Å². The van der Waals surface area contributed by atoms with Gasteiger partial charge in [0.15, 0.2) is 0 Å². The zero-order valence-corrected chi connectivity index (χ0v) is 14.3. The van der Waals surface area contributed by atoms with Crippen LogP contribution < -0.4 is 10.6 Å². The molecule has 0 saturated heterocycles. The molecule has 0 aliphatic heterocycles. The molecular formula is C17H24ClN3O2. The summed E-state index contributed by atoms with van der Waals surface area (Å²) in [5.74, 6) is 0. The molecule has 0 aliphatic rings. The third kappa shape index (κ3) is 4.62. The van der Waals surface area contributed by atoms with Gasteiger partial charge in [-0.15, -0.1) is 0 Å². The Kier molecular flexibility index (Phi) is 5.91. The first-order valence-electron chi connectivity index (χ1n) is 7.90. The van der Waals surface area contributed by atoms with Gasteiger partial charge in [-0.3, -0.25) is 0 Å². The molecule has 5 nitrogen and oxygen atoms in total. The van der Waals surface area contributed by atoms with Crippen LogP contribution in [0.1, 0.15) is 32.3 Å². The number of benzene rings is 1. The highest BCUT2D eigenvalue weighted by atomic mass is 35.5. The van der Waals surface area contributed by atoms with Crippen LogP contribution in [-0.2, 0) is 6.42 Å². The lowest BCUT2D eigenvalue weighted by molar-refractivity contribution is 0.201. The van der Waals surface area contributed by atoms with Crippen molar-refractivity contribution in [2.45, 2.75) is 38.6 Å². The van der Waals surface area contributed by atoms with Gasteiger partial charge in [-0.25, -0.2) is 4.79 Å². The van der Waals surface area contributed by atoms with Gasteiger partial charge in [-0.2, -0.15) is 0 Å². The molecule has 1 heterocycles. The number of aromatic amines is 1. The van der Waals surface area contributed by atoms with E-state index in [0.29, 0.717) is 18.0 Å². The predicted molar refractivity (Wildman–Crippen MR) is 93.9 cm³/mol. The fraction of sp³-hybridized carbons (Fsp3) is 0.471. The van der Waals surface area contributed by atoms with Gasteiger partial charge in [-0.05, 0) is 49.9 Å². The van der Waals surface area contributed by atoms with Crippen LogP contribution in [0.5, 0.6) is 0 Å². The van der Waals surface area contributed by atoms with Crippen molar-refractivity contribution in [3.8, 4) is 0 Å². The average molecular weight is 338 g/mol. The Morgan fingerprint density at radius 1 is 1.43 bits per heavy atom. The number of rotatable bonds is 7. The summed E-state index contributed by atoms with van der Waals surface area (Å²) in [5, 5.41) is 16.7. The van der Waals surface area contributed by atoms with Gasteiger partial charge in [0.1, 0.15) is 0 Å². The van der Waals surface area contributed by atoms with Crippen molar-refractivity contribution in [2.24, 2.45) is 0 Å². The highest BCUT2D eigenvalue weighted by Crippen LogP contribution is 2.22. The van der Waals surface area contributed by atoms with E-state index in [4.69, 9.17) is 16.7 Å². The van der Waals surface area contributed by atoms with Gasteiger partial charge in [0.05, 0.1) is 0 Å². The van der Waals surface area contributed by atoms with Crippen LogP contribution >= 0.6 is 11.6 Å². The lowest BCUT2D eigenvalue weighted by Crippen LogP contribution is -2.50. The second-order valence-corrected chi connectivity index (χ2v) is 6.46. The Morgan fingerprint density at radius 3 is 2.91 bits per heavy atom. The number of nitrogens with one attached hydrogen (secondary N) is 3. The van der Waals surface area contributed by atoms with Crippen LogP contribution in [-0.4, -0.2) is 34.8 Å². The zero-order chi connectivity index (χ0) is 16.9. The summed E-state index contributed by atoms with van der Waals surface area (Å²) < 4.78 is 0. The minimum atomic E-state index is -0.382. The Hall–Kier alpha value is -1.72. The van der Waals surface area contributed by atoms with Crippen LogP contribution in [0.15, 0.2) is 24.4 Å². The molecule has 0 spiro atoms. The van der Waals surface area contributed by atoms with E-state index in [-0.39, 0.29) is 18.2 Å². The predicted octanol–water partition coefficient (Wildman–Crippen LogP) is 3.21. The molecule has 0 fully saturated rings. The quantitative estimate of drug-likeness (QED) is 0.626. The summed E-state index contributed by atoms with van der Waals surface area (Å²) in [4.78, 5) is 15.2. The fourth-order valence-electron chi connectivity index (χ4n) is 2.56. The van der Waals surface area contributed by atoms with Crippen molar-refractivity contribution in [1.29, 1.82) is 0 Å². The Bertz CT molecular complexity index is 671. The minimum absolute atomic E-state index is 0.0563. The number of hydrogen-bond acceptors (Lipinski definition) is 2.